The molecule has 2 aromatic heterocycles. The molecule has 4 rings (SSSR count). The van der Waals surface area contributed by atoms with Crippen molar-refractivity contribution < 1.29 is 14.3 Å². The van der Waals surface area contributed by atoms with Crippen LogP contribution in [0, 0.1) is 11.8 Å². The Morgan fingerprint density at radius 1 is 1.06 bits per heavy atom. The molecule has 1 saturated carbocycles. The molecule has 2 N–H and O–H groups in total. The molecule has 0 radical (unpaired) electrons. The number of nitrogens with zero attached hydrogens (tertiary/aromatic N) is 2. The van der Waals surface area contributed by atoms with Crippen LogP contribution in [-0.4, -0.2) is 34.6 Å². The van der Waals surface area contributed by atoms with Gasteiger partial charge in [0.05, 0.1) is 12.1 Å². The molecule has 186 valence electrons. The Kier molecular flexibility index (Phi) is 7.70. The minimum atomic E-state index is -0.490. The number of carbonyl (C=O) groups is 2. The average molecular weight is 499 g/mol. The van der Waals surface area contributed by atoms with Crippen LogP contribution in [0.1, 0.15) is 32.6 Å². The van der Waals surface area contributed by atoms with Gasteiger partial charge in [-0.2, -0.15) is 0 Å². The first kappa shape index (κ1) is 24.7. The summed E-state index contributed by atoms with van der Waals surface area (Å²) in [4.78, 5) is 51.2. The molecule has 1 aliphatic rings. The van der Waals surface area contributed by atoms with Crippen LogP contribution in [0.15, 0.2) is 45.3 Å². The van der Waals surface area contributed by atoms with Crippen molar-refractivity contribution in [2.45, 2.75) is 45.7 Å². The van der Waals surface area contributed by atoms with Crippen molar-refractivity contribution in [3.05, 3.63) is 56.5 Å². The number of fused-ring (bicyclic) bond motifs is 1. The lowest BCUT2D eigenvalue weighted by Crippen LogP contribution is -2.43. The molecule has 0 saturated heterocycles. The summed E-state index contributed by atoms with van der Waals surface area (Å²) in [5, 5.41) is 7.26. The molecular formula is C25H30N4O5S. The third kappa shape index (κ3) is 5.48. The molecule has 1 fully saturated rings. The molecular weight excluding hydrogens is 468 g/mol. The summed E-state index contributed by atoms with van der Waals surface area (Å²) in [5.41, 5.74) is 0.244. The second-order valence-corrected chi connectivity index (χ2v) is 9.67. The summed E-state index contributed by atoms with van der Waals surface area (Å²) in [6.45, 7) is 2.53. The Morgan fingerprint density at radius 2 is 1.77 bits per heavy atom. The van der Waals surface area contributed by atoms with E-state index in [1.54, 1.807) is 42.8 Å². The Balaban J connectivity index is 1.53. The molecule has 35 heavy (non-hydrogen) atoms. The highest BCUT2D eigenvalue weighted by Gasteiger charge is 2.27. The number of nitrogens with one attached hydrogen (secondary N) is 2. The molecule has 0 atom stereocenters. The number of hydrogen-bond donors (Lipinski definition) is 2. The molecule has 0 unspecified atom stereocenters. The highest BCUT2D eigenvalue weighted by molar-refractivity contribution is 7.17. The fraction of sp³-hybridized carbons (Fsp3) is 0.440. The Hall–Kier alpha value is -3.40. The van der Waals surface area contributed by atoms with Gasteiger partial charge in [-0.15, -0.1) is 11.3 Å². The van der Waals surface area contributed by atoms with E-state index in [-0.39, 0.29) is 42.3 Å². The Labute approximate surface area is 206 Å². The minimum absolute atomic E-state index is 0.0179. The van der Waals surface area contributed by atoms with Crippen LogP contribution in [0.25, 0.3) is 10.2 Å². The van der Waals surface area contributed by atoms with Gasteiger partial charge in [-0.1, -0.05) is 0 Å². The molecule has 0 aliphatic heterocycles. The fourth-order valence-corrected chi connectivity index (χ4v) is 5.50. The number of carbonyl (C=O) groups excluding carboxylic acids is 2. The van der Waals surface area contributed by atoms with Crippen molar-refractivity contribution >= 4 is 39.1 Å². The van der Waals surface area contributed by atoms with Crippen LogP contribution in [0.2, 0.25) is 0 Å². The zero-order valence-electron chi connectivity index (χ0n) is 19.9. The van der Waals surface area contributed by atoms with Gasteiger partial charge in [0.2, 0.25) is 11.8 Å². The minimum Gasteiger partial charge on any atom is -0.494 e. The quantitative estimate of drug-likeness (QED) is 0.496. The van der Waals surface area contributed by atoms with Crippen LogP contribution >= 0.6 is 11.3 Å². The number of anilines is 1. The van der Waals surface area contributed by atoms with E-state index >= 15 is 0 Å². The maximum absolute atomic E-state index is 13.4. The van der Waals surface area contributed by atoms with Gasteiger partial charge in [0.1, 0.15) is 17.0 Å². The van der Waals surface area contributed by atoms with Crippen molar-refractivity contribution in [1.82, 2.24) is 14.5 Å². The number of ether oxygens (including phenoxy) is 1. The topological polar surface area (TPSA) is 111 Å². The van der Waals surface area contributed by atoms with Gasteiger partial charge >= 0.3 is 5.69 Å². The zero-order chi connectivity index (χ0) is 24.9. The van der Waals surface area contributed by atoms with Gasteiger partial charge in [-0.05, 0) is 74.2 Å². The molecule has 1 aliphatic carbocycles. The maximum Gasteiger partial charge on any atom is 0.332 e. The fourth-order valence-electron chi connectivity index (χ4n) is 4.66. The Bertz CT molecular complexity index is 1320. The third-order valence-corrected chi connectivity index (χ3v) is 7.38. The van der Waals surface area contributed by atoms with Gasteiger partial charge in [0.25, 0.3) is 5.56 Å². The van der Waals surface area contributed by atoms with Crippen LogP contribution in [0.3, 0.4) is 0 Å². The van der Waals surface area contributed by atoms with E-state index in [0.717, 1.165) is 25.7 Å². The van der Waals surface area contributed by atoms with Gasteiger partial charge in [0, 0.05) is 25.2 Å². The molecule has 2 amide bonds. The van der Waals surface area contributed by atoms with E-state index in [4.69, 9.17) is 4.74 Å². The summed E-state index contributed by atoms with van der Waals surface area (Å²) < 4.78 is 8.50. The summed E-state index contributed by atoms with van der Waals surface area (Å²) in [6, 6.07) is 8.71. The van der Waals surface area contributed by atoms with Crippen molar-refractivity contribution in [3.8, 4) is 5.75 Å². The van der Waals surface area contributed by atoms with Crippen LogP contribution in [0.5, 0.6) is 5.75 Å². The zero-order valence-corrected chi connectivity index (χ0v) is 20.7. The van der Waals surface area contributed by atoms with E-state index in [9.17, 15) is 19.2 Å². The largest absolute Gasteiger partial charge is 0.494 e. The normalized spacial score (nSPS) is 17.8. The first-order valence-electron chi connectivity index (χ1n) is 11.9. The number of hydrogen-bond acceptors (Lipinski definition) is 6. The van der Waals surface area contributed by atoms with E-state index in [0.29, 0.717) is 28.3 Å². The number of aromatic nitrogens is 2. The molecule has 0 bridgehead atoms. The highest BCUT2D eigenvalue weighted by atomic mass is 32.1. The van der Waals surface area contributed by atoms with Gasteiger partial charge in [0.15, 0.2) is 0 Å². The average Bonchev–Trinajstić information content (AvgIpc) is 3.36. The summed E-state index contributed by atoms with van der Waals surface area (Å²) >= 11 is 1.27. The molecule has 9 nitrogen and oxygen atoms in total. The lowest BCUT2D eigenvalue weighted by Gasteiger charge is -2.27. The second kappa shape index (κ2) is 10.9. The first-order valence-corrected chi connectivity index (χ1v) is 12.7. The predicted molar refractivity (Wildman–Crippen MR) is 136 cm³/mol. The standard InChI is InChI=1S/C25H30N4O5S/c1-3-34-19-10-8-18(9-11-19)27-21(30)15-28-20-12-13-35-22(20)24(32)29(25(28)33)14-16-4-6-17(7-5-16)23(31)26-2/h8-13,16-17H,3-7,14-15H2,1-2H3,(H,26,31)(H,27,30). The summed E-state index contributed by atoms with van der Waals surface area (Å²) in [7, 11) is 1.64. The van der Waals surface area contributed by atoms with Crippen molar-refractivity contribution in [3.63, 3.8) is 0 Å². The lowest BCUT2D eigenvalue weighted by molar-refractivity contribution is -0.125. The van der Waals surface area contributed by atoms with E-state index in [1.807, 2.05) is 6.92 Å². The highest BCUT2D eigenvalue weighted by Crippen LogP contribution is 2.29. The van der Waals surface area contributed by atoms with Crippen LogP contribution in [0.4, 0.5) is 5.69 Å². The predicted octanol–water partition coefficient (Wildman–Crippen LogP) is 2.81. The number of benzene rings is 1. The number of amides is 2. The van der Waals surface area contributed by atoms with Crippen LogP contribution in [-0.2, 0) is 22.7 Å². The smallest absolute Gasteiger partial charge is 0.332 e. The van der Waals surface area contributed by atoms with E-state index in [1.165, 1.54) is 20.5 Å². The van der Waals surface area contributed by atoms with Gasteiger partial charge in [-0.3, -0.25) is 23.5 Å². The van der Waals surface area contributed by atoms with Crippen molar-refractivity contribution in [1.29, 1.82) is 0 Å². The maximum atomic E-state index is 13.4. The third-order valence-electron chi connectivity index (χ3n) is 6.49. The van der Waals surface area contributed by atoms with Gasteiger partial charge in [-0.25, -0.2) is 4.79 Å². The number of thiophene rings is 1. The monoisotopic (exact) mass is 498 g/mol. The van der Waals surface area contributed by atoms with E-state index in [2.05, 4.69) is 10.6 Å². The van der Waals surface area contributed by atoms with Crippen molar-refractivity contribution in [2.24, 2.45) is 11.8 Å². The lowest BCUT2D eigenvalue weighted by atomic mass is 9.81. The van der Waals surface area contributed by atoms with Crippen molar-refractivity contribution in [2.75, 3.05) is 19.0 Å². The van der Waals surface area contributed by atoms with Gasteiger partial charge < -0.3 is 15.4 Å². The SMILES string of the molecule is CCOc1ccc(NC(=O)Cn2c(=O)n(CC3CCC(C(=O)NC)CC3)c(=O)c3sccc32)cc1. The van der Waals surface area contributed by atoms with Crippen LogP contribution < -0.4 is 26.6 Å². The summed E-state index contributed by atoms with van der Waals surface area (Å²) in [5.74, 6) is 0.500. The number of rotatable bonds is 8. The second-order valence-electron chi connectivity index (χ2n) is 8.76. The molecule has 1 aromatic carbocycles. The first-order chi connectivity index (χ1) is 16.9. The molecule has 10 heteroatoms. The van der Waals surface area contributed by atoms with E-state index < -0.39 is 5.69 Å². The Morgan fingerprint density at radius 3 is 2.43 bits per heavy atom. The molecule has 2 heterocycles. The molecule has 0 spiro atoms. The molecule has 3 aromatic rings. The summed E-state index contributed by atoms with van der Waals surface area (Å²) in [6.07, 6.45) is 3.01.